The molecule has 4 aromatic rings. The summed E-state index contributed by atoms with van der Waals surface area (Å²) >= 11 is 2.78. The third-order valence-corrected chi connectivity index (χ3v) is 7.72. The molecule has 1 aliphatic carbocycles. The molecule has 1 amide bonds. The molecule has 0 spiro atoms. The van der Waals surface area contributed by atoms with Crippen LogP contribution >= 0.6 is 23.1 Å². The molecule has 0 bridgehead atoms. The predicted octanol–water partition coefficient (Wildman–Crippen LogP) is 5.65. The van der Waals surface area contributed by atoms with Crippen LogP contribution in [0.4, 0.5) is 5.69 Å². The first-order valence-electron chi connectivity index (χ1n) is 11.1. The van der Waals surface area contributed by atoms with E-state index in [9.17, 15) is 14.4 Å². The third kappa shape index (κ3) is 4.43. The van der Waals surface area contributed by atoms with Crippen LogP contribution in [0.15, 0.2) is 69.9 Å². The van der Waals surface area contributed by atoms with Gasteiger partial charge in [-0.1, -0.05) is 30.0 Å². The molecule has 5 rings (SSSR count). The van der Waals surface area contributed by atoms with Gasteiger partial charge in [0.25, 0.3) is 5.56 Å². The first-order chi connectivity index (χ1) is 16.4. The Hall–Kier alpha value is -3.23. The quantitative estimate of drug-likeness (QED) is 0.206. The second-order valence-corrected chi connectivity index (χ2v) is 10.6. The van der Waals surface area contributed by atoms with E-state index < -0.39 is 5.25 Å². The molecule has 0 radical (unpaired) electrons. The molecule has 6 nitrogen and oxygen atoms in total. The lowest BCUT2D eigenvalue weighted by molar-refractivity contribution is -0.114. The van der Waals surface area contributed by atoms with Gasteiger partial charge in [-0.05, 0) is 73.0 Å². The normalized spacial score (nSPS) is 14.2. The molecular formula is C26H23N3O3S2. The van der Waals surface area contributed by atoms with Crippen molar-refractivity contribution in [1.29, 1.82) is 0 Å². The van der Waals surface area contributed by atoms with Gasteiger partial charge in [0.1, 0.15) is 4.83 Å². The second-order valence-electron chi connectivity index (χ2n) is 8.40. The Morgan fingerprint density at radius 3 is 2.47 bits per heavy atom. The van der Waals surface area contributed by atoms with E-state index in [1.807, 2.05) is 37.3 Å². The zero-order chi connectivity index (χ0) is 23.8. The highest BCUT2D eigenvalue weighted by Crippen LogP contribution is 2.44. The molecule has 172 valence electrons. The Labute approximate surface area is 205 Å². The molecule has 1 fully saturated rings. The highest BCUT2D eigenvalue weighted by molar-refractivity contribution is 8.00. The number of benzene rings is 2. The molecule has 34 heavy (non-hydrogen) atoms. The summed E-state index contributed by atoms with van der Waals surface area (Å²) in [4.78, 5) is 43.7. The molecular weight excluding hydrogens is 466 g/mol. The average Bonchev–Trinajstić information content (AvgIpc) is 3.58. The van der Waals surface area contributed by atoms with Gasteiger partial charge in [-0.2, -0.15) is 0 Å². The van der Waals surface area contributed by atoms with Gasteiger partial charge in [-0.3, -0.25) is 19.0 Å². The fourth-order valence-electron chi connectivity index (χ4n) is 3.94. The summed E-state index contributed by atoms with van der Waals surface area (Å²) in [5.74, 6) is 0.215. The molecule has 1 unspecified atom stereocenters. The average molecular weight is 490 g/mol. The minimum absolute atomic E-state index is 0.0711. The maximum absolute atomic E-state index is 13.7. The summed E-state index contributed by atoms with van der Waals surface area (Å²) in [7, 11) is 0. The summed E-state index contributed by atoms with van der Waals surface area (Å²) in [6.45, 7) is 3.26. The topological polar surface area (TPSA) is 81.1 Å². The van der Waals surface area contributed by atoms with Crippen LogP contribution in [-0.4, -0.2) is 26.5 Å². The first kappa shape index (κ1) is 22.6. The molecule has 2 aromatic carbocycles. The predicted molar refractivity (Wildman–Crippen MR) is 138 cm³/mol. The summed E-state index contributed by atoms with van der Waals surface area (Å²) in [6.07, 6.45) is 2.22. The van der Waals surface area contributed by atoms with Crippen LogP contribution < -0.4 is 10.9 Å². The number of rotatable bonds is 7. The molecule has 8 heteroatoms. The van der Waals surface area contributed by atoms with Gasteiger partial charge in [0.2, 0.25) is 5.91 Å². The number of ketones is 1. The minimum Gasteiger partial charge on any atom is -0.326 e. The number of anilines is 1. The van der Waals surface area contributed by atoms with Crippen molar-refractivity contribution in [2.45, 2.75) is 43.0 Å². The molecule has 1 aliphatic rings. The molecule has 0 aliphatic heterocycles. The number of hydrogen-bond donors (Lipinski definition) is 1. The van der Waals surface area contributed by atoms with Gasteiger partial charge in [0.05, 0.1) is 16.3 Å². The van der Waals surface area contributed by atoms with Crippen molar-refractivity contribution in [2.24, 2.45) is 0 Å². The lowest BCUT2D eigenvalue weighted by atomic mass is 10.1. The van der Waals surface area contributed by atoms with Crippen LogP contribution in [0.5, 0.6) is 0 Å². The zero-order valence-electron chi connectivity index (χ0n) is 18.8. The number of carbonyl (C=O) groups is 2. The number of para-hydroxylation sites is 1. The fraction of sp³-hybridized carbons (Fsp3) is 0.231. The Bertz CT molecular complexity index is 1440. The van der Waals surface area contributed by atoms with Crippen molar-refractivity contribution in [3.63, 3.8) is 0 Å². The zero-order valence-corrected chi connectivity index (χ0v) is 20.4. The molecule has 1 saturated carbocycles. The van der Waals surface area contributed by atoms with Gasteiger partial charge in [0, 0.05) is 18.2 Å². The van der Waals surface area contributed by atoms with E-state index in [0.717, 1.165) is 28.9 Å². The summed E-state index contributed by atoms with van der Waals surface area (Å²) in [5.41, 5.74) is 2.93. The van der Waals surface area contributed by atoms with Crippen molar-refractivity contribution in [3.8, 4) is 5.69 Å². The van der Waals surface area contributed by atoms with Gasteiger partial charge in [-0.25, -0.2) is 4.98 Å². The Morgan fingerprint density at radius 2 is 1.82 bits per heavy atom. The lowest BCUT2D eigenvalue weighted by Crippen LogP contribution is -2.23. The van der Waals surface area contributed by atoms with Gasteiger partial charge in [-0.15, -0.1) is 11.3 Å². The minimum atomic E-state index is -0.464. The van der Waals surface area contributed by atoms with Crippen LogP contribution in [0.3, 0.4) is 0 Å². The number of amides is 1. The first-order valence-corrected chi connectivity index (χ1v) is 12.9. The number of fused-ring (bicyclic) bond motifs is 1. The van der Waals surface area contributed by atoms with Crippen LogP contribution in [0, 0.1) is 0 Å². The van der Waals surface area contributed by atoms with Gasteiger partial charge in [0.15, 0.2) is 10.9 Å². The standard InChI is InChI=1S/C26H23N3O3S2/c1-15(23(31)18-10-12-19(13-11-18)27-16(2)30)34-26-28-24-22(21(14-33-24)17-8-9-17)25(32)29(26)20-6-4-3-5-7-20/h3-7,10-15,17H,8-9H2,1-2H3,(H,27,30). The van der Waals surface area contributed by atoms with E-state index in [2.05, 4.69) is 10.7 Å². The number of nitrogens with zero attached hydrogens (tertiary/aromatic N) is 2. The molecule has 2 aromatic heterocycles. The number of hydrogen-bond acceptors (Lipinski definition) is 6. The van der Waals surface area contributed by atoms with Crippen molar-refractivity contribution >= 4 is 50.7 Å². The second kappa shape index (κ2) is 9.19. The van der Waals surface area contributed by atoms with E-state index >= 15 is 0 Å². The lowest BCUT2D eigenvalue weighted by Gasteiger charge is -2.16. The maximum Gasteiger partial charge on any atom is 0.267 e. The summed E-state index contributed by atoms with van der Waals surface area (Å²) in [5, 5.41) is 5.50. The van der Waals surface area contributed by atoms with Gasteiger partial charge >= 0.3 is 0 Å². The van der Waals surface area contributed by atoms with E-state index in [-0.39, 0.29) is 17.2 Å². The Balaban J connectivity index is 1.51. The molecule has 2 heterocycles. The summed E-state index contributed by atoms with van der Waals surface area (Å²) < 4.78 is 1.63. The van der Waals surface area contributed by atoms with Crippen LogP contribution in [0.2, 0.25) is 0 Å². The van der Waals surface area contributed by atoms with Crippen molar-refractivity contribution in [1.82, 2.24) is 9.55 Å². The smallest absolute Gasteiger partial charge is 0.267 e. The molecule has 0 saturated heterocycles. The van der Waals surface area contributed by atoms with Crippen LogP contribution in [0.1, 0.15) is 48.5 Å². The Kier molecular flexibility index (Phi) is 6.10. The molecule has 1 N–H and O–H groups in total. The van der Waals surface area contributed by atoms with Crippen molar-refractivity contribution in [3.05, 3.63) is 81.5 Å². The van der Waals surface area contributed by atoms with Gasteiger partial charge < -0.3 is 5.32 Å². The third-order valence-electron chi connectivity index (χ3n) is 5.78. The number of carbonyl (C=O) groups excluding carboxylic acids is 2. The van der Waals surface area contributed by atoms with E-state index in [1.54, 1.807) is 28.8 Å². The number of aromatic nitrogens is 2. The summed E-state index contributed by atoms with van der Waals surface area (Å²) in [6, 6.07) is 16.3. The monoisotopic (exact) mass is 489 g/mol. The molecule has 1 atom stereocenters. The Morgan fingerprint density at radius 1 is 1.12 bits per heavy atom. The van der Waals surface area contributed by atoms with Crippen molar-refractivity contribution in [2.75, 3.05) is 5.32 Å². The number of nitrogens with one attached hydrogen (secondary N) is 1. The number of thioether (sulfide) groups is 1. The van der Waals surface area contributed by atoms with Crippen LogP contribution in [-0.2, 0) is 4.79 Å². The van der Waals surface area contributed by atoms with E-state index in [4.69, 9.17) is 4.98 Å². The van der Waals surface area contributed by atoms with Crippen molar-refractivity contribution < 1.29 is 9.59 Å². The fourth-order valence-corrected chi connectivity index (χ4v) is 6.01. The van der Waals surface area contributed by atoms with Crippen LogP contribution in [0.25, 0.3) is 15.9 Å². The van der Waals surface area contributed by atoms with E-state index in [1.165, 1.54) is 30.0 Å². The highest BCUT2D eigenvalue weighted by atomic mass is 32.2. The largest absolute Gasteiger partial charge is 0.326 e. The highest BCUT2D eigenvalue weighted by Gasteiger charge is 2.30. The SMILES string of the molecule is CC(=O)Nc1ccc(C(=O)C(C)Sc2nc3scc(C4CC4)c3c(=O)n2-c2ccccc2)cc1. The number of Topliss-reactive ketones (excluding diaryl/α,β-unsaturated/α-hetero) is 1. The van der Waals surface area contributed by atoms with E-state index in [0.29, 0.717) is 27.7 Å². The number of thiophene rings is 1. The maximum atomic E-state index is 13.7.